The highest BCUT2D eigenvalue weighted by molar-refractivity contribution is 5.94. The minimum absolute atomic E-state index is 0.0645. The van der Waals surface area contributed by atoms with Crippen molar-refractivity contribution in [1.82, 2.24) is 10.2 Å². The van der Waals surface area contributed by atoms with E-state index in [1.807, 2.05) is 0 Å². The number of rotatable bonds is 3. The zero-order valence-electron chi connectivity index (χ0n) is 10.9. The Balaban J connectivity index is 2.11. The third-order valence-electron chi connectivity index (χ3n) is 3.22. The number of nitrogens with zero attached hydrogens (tertiary/aromatic N) is 1. The maximum absolute atomic E-state index is 12.2. The first kappa shape index (κ1) is 14.6. The fraction of sp³-hybridized carbons (Fsp3) is 0.462. The van der Waals surface area contributed by atoms with Crippen LogP contribution < -0.4 is 10.1 Å². The number of alkyl halides is 3. The average Bonchev–Trinajstić information content (AvgIpc) is 2.89. The molecule has 0 saturated carbocycles. The van der Waals surface area contributed by atoms with Gasteiger partial charge in [0.15, 0.2) is 0 Å². The number of nitrogens with one attached hydrogen (secondary N) is 1. The maximum atomic E-state index is 12.2. The lowest BCUT2D eigenvalue weighted by Gasteiger charge is -2.24. The van der Waals surface area contributed by atoms with Gasteiger partial charge in [0.25, 0.3) is 5.91 Å². The molecule has 1 fully saturated rings. The van der Waals surface area contributed by atoms with Crippen molar-refractivity contribution in [2.45, 2.75) is 18.8 Å². The van der Waals surface area contributed by atoms with Gasteiger partial charge in [-0.25, -0.2) is 0 Å². The van der Waals surface area contributed by atoms with E-state index in [4.69, 9.17) is 0 Å². The van der Waals surface area contributed by atoms with Gasteiger partial charge in [0, 0.05) is 25.2 Å². The lowest BCUT2D eigenvalue weighted by molar-refractivity contribution is -0.274. The highest BCUT2D eigenvalue weighted by atomic mass is 19.4. The van der Waals surface area contributed by atoms with E-state index in [0.29, 0.717) is 6.54 Å². The number of halogens is 3. The molecule has 0 aliphatic carbocycles. The van der Waals surface area contributed by atoms with Crippen LogP contribution in [-0.4, -0.2) is 43.3 Å². The Morgan fingerprint density at radius 1 is 1.45 bits per heavy atom. The summed E-state index contributed by atoms with van der Waals surface area (Å²) in [7, 11) is 1.65. The SMILES string of the molecule is CN(C(=O)c1cccc(OC(F)(F)F)c1)[C@@H]1CCNC1. The number of amides is 1. The van der Waals surface area contributed by atoms with Crippen molar-refractivity contribution in [3.63, 3.8) is 0 Å². The van der Waals surface area contributed by atoms with Gasteiger partial charge in [0.1, 0.15) is 5.75 Å². The molecule has 0 aromatic heterocycles. The summed E-state index contributed by atoms with van der Waals surface area (Å²) in [5.74, 6) is -0.701. The molecule has 4 nitrogen and oxygen atoms in total. The number of ether oxygens (including phenoxy) is 1. The first-order chi connectivity index (χ1) is 9.37. The van der Waals surface area contributed by atoms with Crippen LogP contribution in [0.4, 0.5) is 13.2 Å². The second kappa shape index (κ2) is 5.70. The van der Waals surface area contributed by atoms with E-state index in [0.717, 1.165) is 19.0 Å². The van der Waals surface area contributed by atoms with E-state index in [9.17, 15) is 18.0 Å². The van der Waals surface area contributed by atoms with E-state index in [2.05, 4.69) is 10.1 Å². The van der Waals surface area contributed by atoms with Crippen LogP contribution in [-0.2, 0) is 0 Å². The van der Waals surface area contributed by atoms with Crippen LogP contribution in [0.5, 0.6) is 5.75 Å². The monoisotopic (exact) mass is 288 g/mol. The van der Waals surface area contributed by atoms with Gasteiger partial charge in [-0.05, 0) is 31.2 Å². The Morgan fingerprint density at radius 2 is 2.20 bits per heavy atom. The maximum Gasteiger partial charge on any atom is 0.573 e. The van der Waals surface area contributed by atoms with Crippen LogP contribution in [0.2, 0.25) is 0 Å². The lowest BCUT2D eigenvalue weighted by Crippen LogP contribution is -2.38. The molecule has 1 aliphatic heterocycles. The quantitative estimate of drug-likeness (QED) is 0.925. The molecule has 0 unspecified atom stereocenters. The smallest absolute Gasteiger partial charge is 0.406 e. The molecule has 1 aromatic rings. The summed E-state index contributed by atoms with van der Waals surface area (Å²) in [5.41, 5.74) is 0.182. The first-order valence-corrected chi connectivity index (χ1v) is 6.20. The van der Waals surface area contributed by atoms with Crippen LogP contribution >= 0.6 is 0 Å². The van der Waals surface area contributed by atoms with Gasteiger partial charge >= 0.3 is 6.36 Å². The number of benzene rings is 1. The minimum atomic E-state index is -4.76. The Kier molecular flexibility index (Phi) is 4.17. The molecule has 0 bridgehead atoms. The first-order valence-electron chi connectivity index (χ1n) is 6.20. The molecule has 0 radical (unpaired) electrons. The summed E-state index contributed by atoms with van der Waals surface area (Å²) in [6.45, 7) is 1.53. The van der Waals surface area contributed by atoms with Crippen LogP contribution in [0.25, 0.3) is 0 Å². The Hall–Kier alpha value is -1.76. The summed E-state index contributed by atoms with van der Waals surface area (Å²) in [6.07, 6.45) is -3.93. The van der Waals surface area contributed by atoms with Crippen molar-refractivity contribution in [2.75, 3.05) is 20.1 Å². The zero-order valence-corrected chi connectivity index (χ0v) is 10.9. The van der Waals surface area contributed by atoms with E-state index < -0.39 is 6.36 Å². The van der Waals surface area contributed by atoms with Crippen molar-refractivity contribution in [2.24, 2.45) is 0 Å². The molecule has 1 aliphatic rings. The largest absolute Gasteiger partial charge is 0.573 e. The average molecular weight is 288 g/mol. The van der Waals surface area contributed by atoms with Crippen LogP contribution in [0.15, 0.2) is 24.3 Å². The van der Waals surface area contributed by atoms with Gasteiger partial charge in [-0.2, -0.15) is 0 Å². The summed E-state index contributed by atoms with van der Waals surface area (Å²) < 4.78 is 40.3. The highest BCUT2D eigenvalue weighted by Crippen LogP contribution is 2.24. The molecule has 0 spiro atoms. The van der Waals surface area contributed by atoms with E-state index in [-0.39, 0.29) is 23.3 Å². The van der Waals surface area contributed by atoms with Crippen LogP contribution in [0, 0.1) is 0 Å². The summed E-state index contributed by atoms with van der Waals surface area (Å²) in [5, 5.41) is 3.13. The molecule has 20 heavy (non-hydrogen) atoms. The van der Waals surface area contributed by atoms with Crippen molar-refractivity contribution in [1.29, 1.82) is 0 Å². The number of carbonyl (C=O) groups excluding carboxylic acids is 1. The fourth-order valence-corrected chi connectivity index (χ4v) is 2.17. The summed E-state index contributed by atoms with van der Waals surface area (Å²) in [4.78, 5) is 13.8. The molecule has 110 valence electrons. The topological polar surface area (TPSA) is 41.6 Å². The fourth-order valence-electron chi connectivity index (χ4n) is 2.17. The van der Waals surface area contributed by atoms with Crippen LogP contribution in [0.3, 0.4) is 0 Å². The summed E-state index contributed by atoms with van der Waals surface area (Å²) >= 11 is 0. The van der Waals surface area contributed by atoms with E-state index >= 15 is 0 Å². The van der Waals surface area contributed by atoms with Crippen molar-refractivity contribution in [3.05, 3.63) is 29.8 Å². The number of likely N-dealkylation sites (N-methyl/N-ethyl adjacent to an activating group) is 1. The zero-order chi connectivity index (χ0) is 14.8. The molecule has 1 heterocycles. The summed E-state index contributed by atoms with van der Waals surface area (Å²) in [6, 6.07) is 5.19. The van der Waals surface area contributed by atoms with Gasteiger partial charge < -0.3 is 15.0 Å². The standard InChI is InChI=1S/C13H15F3N2O2/c1-18(10-5-6-17-8-10)12(19)9-3-2-4-11(7-9)20-13(14,15)16/h2-4,7,10,17H,5-6,8H2,1H3/t10-/m1/s1. The number of hydrogen-bond acceptors (Lipinski definition) is 3. The number of carbonyl (C=O) groups is 1. The molecule has 2 rings (SSSR count). The van der Waals surface area contributed by atoms with Crippen LogP contribution in [0.1, 0.15) is 16.8 Å². The Bertz CT molecular complexity index is 485. The lowest BCUT2D eigenvalue weighted by atomic mass is 10.1. The number of hydrogen-bond donors (Lipinski definition) is 1. The van der Waals surface area contributed by atoms with Crippen molar-refractivity contribution >= 4 is 5.91 Å². The molecule has 1 amide bonds. The van der Waals surface area contributed by atoms with E-state index in [1.165, 1.54) is 18.2 Å². The van der Waals surface area contributed by atoms with Gasteiger partial charge in [0.05, 0.1) is 0 Å². The Morgan fingerprint density at radius 3 is 2.80 bits per heavy atom. The second-order valence-electron chi connectivity index (χ2n) is 4.64. The van der Waals surface area contributed by atoms with Crippen molar-refractivity contribution < 1.29 is 22.7 Å². The normalized spacial score (nSPS) is 18.9. The molecule has 1 saturated heterocycles. The third-order valence-corrected chi connectivity index (χ3v) is 3.22. The molecular formula is C13H15F3N2O2. The molecule has 1 N–H and O–H groups in total. The predicted molar refractivity (Wildman–Crippen MR) is 66.5 cm³/mol. The van der Waals surface area contributed by atoms with Gasteiger partial charge in [-0.1, -0.05) is 6.07 Å². The molecular weight excluding hydrogens is 273 g/mol. The Labute approximate surface area is 114 Å². The predicted octanol–water partition coefficient (Wildman–Crippen LogP) is 2.02. The van der Waals surface area contributed by atoms with Crippen molar-refractivity contribution in [3.8, 4) is 5.75 Å². The van der Waals surface area contributed by atoms with Gasteiger partial charge in [0.2, 0.25) is 0 Å². The second-order valence-corrected chi connectivity index (χ2v) is 4.64. The highest BCUT2D eigenvalue weighted by Gasteiger charge is 2.31. The third kappa shape index (κ3) is 3.63. The molecule has 1 atom stereocenters. The van der Waals surface area contributed by atoms with Gasteiger partial charge in [-0.3, -0.25) is 4.79 Å². The van der Waals surface area contributed by atoms with E-state index in [1.54, 1.807) is 11.9 Å². The van der Waals surface area contributed by atoms with Gasteiger partial charge in [-0.15, -0.1) is 13.2 Å². The molecule has 7 heteroatoms. The minimum Gasteiger partial charge on any atom is -0.406 e. The molecule has 1 aromatic carbocycles.